The molecule has 0 aromatic heterocycles. The molecule has 0 heterocycles. The molecule has 0 bridgehead atoms. The summed E-state index contributed by atoms with van der Waals surface area (Å²) in [6, 6.07) is 8.03. The summed E-state index contributed by atoms with van der Waals surface area (Å²) < 4.78 is 17.9. The fourth-order valence-corrected chi connectivity index (χ4v) is 2.10. The van der Waals surface area contributed by atoms with E-state index >= 15 is 0 Å². The SMILES string of the molecule is COc1ccc(/C=C(\C(=O)O)c2ccc(F)cc2)c(Cl)c1O. The van der Waals surface area contributed by atoms with Gasteiger partial charge in [-0.25, -0.2) is 9.18 Å². The number of ether oxygens (including phenoxy) is 1. The van der Waals surface area contributed by atoms with E-state index in [9.17, 15) is 19.4 Å². The number of benzene rings is 2. The first-order valence-corrected chi connectivity index (χ1v) is 6.58. The Morgan fingerprint density at radius 2 is 1.86 bits per heavy atom. The minimum atomic E-state index is -1.20. The zero-order chi connectivity index (χ0) is 16.3. The lowest BCUT2D eigenvalue weighted by Crippen LogP contribution is -2.00. The van der Waals surface area contributed by atoms with Crippen LogP contribution < -0.4 is 4.74 Å². The molecule has 2 rings (SSSR count). The molecule has 0 saturated carbocycles. The van der Waals surface area contributed by atoms with Gasteiger partial charge in [0.05, 0.1) is 17.7 Å². The van der Waals surface area contributed by atoms with Crippen LogP contribution in [0.15, 0.2) is 36.4 Å². The minimum Gasteiger partial charge on any atom is -0.503 e. The minimum absolute atomic E-state index is 0.0276. The number of hydrogen-bond donors (Lipinski definition) is 2. The van der Waals surface area contributed by atoms with Crippen LogP contribution in [-0.2, 0) is 4.79 Å². The highest BCUT2D eigenvalue weighted by molar-refractivity contribution is 6.34. The first-order chi connectivity index (χ1) is 10.4. The number of carboxylic acids is 1. The molecular weight excluding hydrogens is 311 g/mol. The van der Waals surface area contributed by atoms with Crippen LogP contribution in [0.4, 0.5) is 4.39 Å². The van der Waals surface area contributed by atoms with E-state index in [4.69, 9.17) is 16.3 Å². The van der Waals surface area contributed by atoms with Crippen LogP contribution in [0, 0.1) is 5.82 Å². The van der Waals surface area contributed by atoms with E-state index in [0.717, 1.165) is 0 Å². The molecule has 0 spiro atoms. The van der Waals surface area contributed by atoms with Gasteiger partial charge in [-0.05, 0) is 41.5 Å². The highest BCUT2D eigenvalue weighted by Gasteiger charge is 2.15. The quantitative estimate of drug-likeness (QED) is 0.663. The van der Waals surface area contributed by atoms with Crippen molar-refractivity contribution in [2.75, 3.05) is 7.11 Å². The monoisotopic (exact) mass is 322 g/mol. The molecule has 2 aromatic rings. The largest absolute Gasteiger partial charge is 0.503 e. The van der Waals surface area contributed by atoms with E-state index in [2.05, 4.69) is 0 Å². The molecule has 114 valence electrons. The van der Waals surface area contributed by atoms with Crippen molar-refractivity contribution < 1.29 is 24.1 Å². The van der Waals surface area contributed by atoms with E-state index in [1.54, 1.807) is 0 Å². The lowest BCUT2D eigenvalue weighted by molar-refractivity contribution is -0.130. The number of hydrogen-bond acceptors (Lipinski definition) is 3. The van der Waals surface area contributed by atoms with Gasteiger partial charge in [0, 0.05) is 0 Å². The molecule has 2 N–H and O–H groups in total. The molecule has 2 aromatic carbocycles. The van der Waals surface area contributed by atoms with Crippen molar-refractivity contribution in [1.82, 2.24) is 0 Å². The maximum atomic E-state index is 12.9. The number of rotatable bonds is 4. The van der Waals surface area contributed by atoms with Crippen LogP contribution in [0.25, 0.3) is 11.6 Å². The van der Waals surface area contributed by atoms with Crippen LogP contribution >= 0.6 is 11.6 Å². The van der Waals surface area contributed by atoms with Gasteiger partial charge in [0.25, 0.3) is 0 Å². The van der Waals surface area contributed by atoms with E-state index in [0.29, 0.717) is 11.1 Å². The van der Waals surface area contributed by atoms with Gasteiger partial charge in [0.1, 0.15) is 5.82 Å². The van der Waals surface area contributed by atoms with Gasteiger partial charge >= 0.3 is 5.97 Å². The van der Waals surface area contributed by atoms with Crippen molar-refractivity contribution in [3.63, 3.8) is 0 Å². The summed E-state index contributed by atoms with van der Waals surface area (Å²) in [6.45, 7) is 0. The predicted molar refractivity (Wildman–Crippen MR) is 81.6 cm³/mol. The first kappa shape index (κ1) is 15.9. The fourth-order valence-electron chi connectivity index (χ4n) is 1.89. The molecule has 0 unspecified atom stereocenters. The average molecular weight is 323 g/mol. The number of aliphatic carboxylic acids is 1. The highest BCUT2D eigenvalue weighted by Crippen LogP contribution is 2.37. The number of aromatic hydroxyl groups is 1. The second-order valence-corrected chi connectivity index (χ2v) is 4.77. The fraction of sp³-hybridized carbons (Fsp3) is 0.0625. The molecule has 0 atom stereocenters. The van der Waals surface area contributed by atoms with Gasteiger partial charge < -0.3 is 14.9 Å². The zero-order valence-electron chi connectivity index (χ0n) is 11.5. The summed E-state index contributed by atoms with van der Waals surface area (Å²) in [5, 5.41) is 19.2. The number of phenols is 1. The summed E-state index contributed by atoms with van der Waals surface area (Å²) in [7, 11) is 1.38. The van der Waals surface area contributed by atoms with Gasteiger partial charge in [-0.3, -0.25) is 0 Å². The third-order valence-corrected chi connectivity index (χ3v) is 3.41. The summed E-state index contributed by atoms with van der Waals surface area (Å²) in [5.41, 5.74) is 0.549. The Morgan fingerprint density at radius 3 is 2.41 bits per heavy atom. The summed E-state index contributed by atoms with van der Waals surface area (Å²) in [6.07, 6.45) is 1.30. The topological polar surface area (TPSA) is 66.8 Å². The third-order valence-electron chi connectivity index (χ3n) is 3.01. The Kier molecular flexibility index (Phi) is 4.68. The summed E-state index contributed by atoms with van der Waals surface area (Å²) in [4.78, 5) is 11.4. The molecule has 4 nitrogen and oxygen atoms in total. The molecule has 6 heteroatoms. The molecule has 0 aliphatic heterocycles. The van der Waals surface area contributed by atoms with Crippen molar-refractivity contribution in [2.45, 2.75) is 0 Å². The van der Waals surface area contributed by atoms with Crippen LogP contribution in [-0.4, -0.2) is 23.3 Å². The Balaban J connectivity index is 2.54. The normalized spacial score (nSPS) is 11.3. The van der Waals surface area contributed by atoms with Crippen LogP contribution in [0.2, 0.25) is 5.02 Å². The predicted octanol–water partition coefficient (Wildman–Crippen LogP) is 3.82. The standard InChI is InChI=1S/C16H12ClFO4/c1-22-13-7-4-10(14(17)15(13)19)8-12(16(20)21)9-2-5-11(18)6-3-9/h2-8,19H,1H3,(H,20,21)/b12-8-. The van der Waals surface area contributed by atoms with Crippen LogP contribution in [0.5, 0.6) is 11.5 Å². The second kappa shape index (κ2) is 6.49. The van der Waals surface area contributed by atoms with Gasteiger partial charge in [-0.2, -0.15) is 0 Å². The first-order valence-electron chi connectivity index (χ1n) is 6.20. The number of carboxylic acid groups (broad SMARTS) is 1. The van der Waals surface area contributed by atoms with Gasteiger partial charge in [-0.15, -0.1) is 0 Å². The van der Waals surface area contributed by atoms with Crippen molar-refractivity contribution in [3.8, 4) is 11.5 Å². The van der Waals surface area contributed by atoms with E-state index < -0.39 is 11.8 Å². The number of phenolic OH excluding ortho intramolecular Hbond substituents is 1. The van der Waals surface area contributed by atoms with Gasteiger partial charge in [0.2, 0.25) is 0 Å². The average Bonchev–Trinajstić information content (AvgIpc) is 2.50. The second-order valence-electron chi connectivity index (χ2n) is 4.39. The van der Waals surface area contributed by atoms with E-state index in [-0.39, 0.29) is 22.1 Å². The van der Waals surface area contributed by atoms with Gasteiger partial charge in [0.15, 0.2) is 11.5 Å². The van der Waals surface area contributed by atoms with Crippen molar-refractivity contribution in [3.05, 3.63) is 58.4 Å². The lowest BCUT2D eigenvalue weighted by atomic mass is 10.0. The smallest absolute Gasteiger partial charge is 0.336 e. The number of carbonyl (C=O) groups is 1. The van der Waals surface area contributed by atoms with Crippen LogP contribution in [0.3, 0.4) is 0 Å². The Morgan fingerprint density at radius 1 is 1.23 bits per heavy atom. The molecule has 0 aliphatic carbocycles. The molecule has 0 radical (unpaired) electrons. The highest BCUT2D eigenvalue weighted by atomic mass is 35.5. The van der Waals surface area contributed by atoms with E-state index in [1.165, 1.54) is 49.6 Å². The van der Waals surface area contributed by atoms with Crippen molar-refractivity contribution in [2.24, 2.45) is 0 Å². The maximum Gasteiger partial charge on any atom is 0.336 e. The zero-order valence-corrected chi connectivity index (χ0v) is 12.3. The Bertz CT molecular complexity index is 739. The molecular formula is C16H12ClFO4. The van der Waals surface area contributed by atoms with E-state index in [1.807, 2.05) is 0 Å². The Labute approximate surface area is 131 Å². The molecule has 0 aliphatic rings. The molecule has 0 fully saturated rings. The van der Waals surface area contributed by atoms with Crippen molar-refractivity contribution >= 4 is 29.2 Å². The third kappa shape index (κ3) is 3.20. The molecule has 0 saturated heterocycles. The maximum absolute atomic E-state index is 12.9. The van der Waals surface area contributed by atoms with Crippen molar-refractivity contribution in [1.29, 1.82) is 0 Å². The summed E-state index contributed by atoms with van der Waals surface area (Å²) in [5.74, 6) is -1.76. The van der Waals surface area contributed by atoms with Crippen LogP contribution in [0.1, 0.15) is 11.1 Å². The number of methoxy groups -OCH3 is 1. The van der Waals surface area contributed by atoms with Gasteiger partial charge in [-0.1, -0.05) is 23.7 Å². The lowest BCUT2D eigenvalue weighted by Gasteiger charge is -2.08. The Hall–Kier alpha value is -2.53. The molecule has 0 amide bonds. The molecule has 22 heavy (non-hydrogen) atoms. The number of halogens is 2. The summed E-state index contributed by atoms with van der Waals surface area (Å²) >= 11 is 6.01.